The third-order valence-electron chi connectivity index (χ3n) is 2.56. The van der Waals surface area contributed by atoms with Crippen LogP contribution in [0.25, 0.3) is 17.2 Å². The molecule has 3 rings (SSSR count). The van der Waals surface area contributed by atoms with Crippen LogP contribution in [0.5, 0.6) is 0 Å². The van der Waals surface area contributed by atoms with Crippen molar-refractivity contribution in [1.29, 1.82) is 0 Å². The van der Waals surface area contributed by atoms with E-state index in [9.17, 15) is 18.0 Å². The van der Waals surface area contributed by atoms with E-state index in [4.69, 9.17) is 9.52 Å². The number of nitrogens with zero attached hydrogens (tertiary/aromatic N) is 4. The van der Waals surface area contributed by atoms with Gasteiger partial charge in [-0.2, -0.15) is 22.7 Å². The molecule has 0 fully saturated rings. The smallest absolute Gasteiger partial charge is 0.453 e. The normalized spacial score (nSPS) is 12.0. The van der Waals surface area contributed by atoms with Crippen LogP contribution in [-0.2, 0) is 6.18 Å². The number of carbonyl (C=O) groups is 1. The van der Waals surface area contributed by atoms with Crippen molar-refractivity contribution in [2.75, 3.05) is 0 Å². The first-order chi connectivity index (χ1) is 9.86. The number of aromatic nitrogens is 4. The summed E-state index contributed by atoms with van der Waals surface area (Å²) in [6.07, 6.45) is -3.47. The minimum atomic E-state index is -4.80. The average molecular weight is 298 g/mol. The van der Waals surface area contributed by atoms with Gasteiger partial charge in [0.15, 0.2) is 11.5 Å². The van der Waals surface area contributed by atoms with E-state index in [-0.39, 0.29) is 11.5 Å². The van der Waals surface area contributed by atoms with Gasteiger partial charge in [-0.25, -0.2) is 9.78 Å². The molecule has 0 bridgehead atoms. The molecule has 0 amide bonds. The summed E-state index contributed by atoms with van der Waals surface area (Å²) in [6.45, 7) is 0. The zero-order valence-corrected chi connectivity index (χ0v) is 10.00. The largest absolute Gasteiger partial charge is 0.477 e. The van der Waals surface area contributed by atoms with Gasteiger partial charge in [0.25, 0.3) is 11.6 Å². The number of hydrogen-bond acceptors (Lipinski definition) is 5. The molecule has 0 aliphatic heterocycles. The molecule has 10 heteroatoms. The highest BCUT2D eigenvalue weighted by Gasteiger charge is 2.37. The molecule has 108 valence electrons. The van der Waals surface area contributed by atoms with Crippen molar-refractivity contribution in [3.05, 3.63) is 36.0 Å². The van der Waals surface area contributed by atoms with E-state index in [1.54, 1.807) is 0 Å². The predicted molar refractivity (Wildman–Crippen MR) is 60.4 cm³/mol. The van der Waals surface area contributed by atoms with Crippen LogP contribution in [0.4, 0.5) is 13.2 Å². The predicted octanol–water partition coefficient (Wildman–Crippen LogP) is 2.10. The Kier molecular flexibility index (Phi) is 2.68. The van der Waals surface area contributed by atoms with E-state index in [1.165, 1.54) is 18.4 Å². The lowest BCUT2D eigenvalue weighted by atomic mass is 10.2. The summed E-state index contributed by atoms with van der Waals surface area (Å²) in [5, 5.41) is 12.2. The number of halogens is 3. The van der Waals surface area contributed by atoms with E-state index >= 15 is 0 Å². The Hall–Kier alpha value is -2.91. The topological polar surface area (TPSA) is 93.5 Å². The first-order valence-corrected chi connectivity index (χ1v) is 5.48. The van der Waals surface area contributed by atoms with Gasteiger partial charge in [0.1, 0.15) is 5.69 Å². The van der Waals surface area contributed by atoms with Crippen LogP contribution in [0, 0.1) is 0 Å². The Labute approximate surface area is 113 Å². The first-order valence-electron chi connectivity index (χ1n) is 5.48. The lowest BCUT2D eigenvalue weighted by molar-refractivity contribution is -0.144. The Morgan fingerprint density at radius 2 is 2.10 bits per heavy atom. The van der Waals surface area contributed by atoms with Crippen molar-refractivity contribution in [3.63, 3.8) is 0 Å². The van der Waals surface area contributed by atoms with Crippen molar-refractivity contribution in [2.24, 2.45) is 0 Å². The quantitative estimate of drug-likeness (QED) is 0.778. The summed E-state index contributed by atoms with van der Waals surface area (Å²) in [4.78, 5) is 18.2. The first kappa shape index (κ1) is 13.1. The third kappa shape index (κ3) is 2.20. The van der Waals surface area contributed by atoms with Crippen LogP contribution in [0.3, 0.4) is 0 Å². The summed E-state index contributed by atoms with van der Waals surface area (Å²) in [5.74, 6) is -3.20. The molecule has 21 heavy (non-hydrogen) atoms. The van der Waals surface area contributed by atoms with Gasteiger partial charge in [0.2, 0.25) is 0 Å². The summed E-state index contributed by atoms with van der Waals surface area (Å²) >= 11 is 0. The molecule has 0 aliphatic carbocycles. The second-order valence-corrected chi connectivity index (χ2v) is 3.95. The van der Waals surface area contributed by atoms with Crippen LogP contribution < -0.4 is 0 Å². The number of hydrogen-bond donors (Lipinski definition) is 1. The molecule has 3 aromatic heterocycles. The van der Waals surface area contributed by atoms with E-state index < -0.39 is 29.4 Å². The van der Waals surface area contributed by atoms with Gasteiger partial charge in [-0.15, -0.1) is 5.10 Å². The molecule has 0 aliphatic rings. The van der Waals surface area contributed by atoms with Crippen LogP contribution in [0.1, 0.15) is 16.3 Å². The van der Waals surface area contributed by atoms with Gasteiger partial charge < -0.3 is 9.52 Å². The molecule has 3 heterocycles. The van der Waals surface area contributed by atoms with Gasteiger partial charge >= 0.3 is 12.1 Å². The number of carboxylic acid groups (broad SMARTS) is 1. The van der Waals surface area contributed by atoms with Gasteiger partial charge in [-0.1, -0.05) is 0 Å². The Morgan fingerprint density at radius 1 is 1.33 bits per heavy atom. The van der Waals surface area contributed by atoms with E-state index in [1.807, 2.05) is 0 Å². The summed E-state index contributed by atoms with van der Waals surface area (Å²) in [7, 11) is 0. The standard InChI is InChI=1S/C11H5F3N4O3/c12-11(13,14)9-16-10-15-5(7-2-1-3-21-7)4-6(8(19)20)18(10)17-9/h1-4H,(H,19,20). The highest BCUT2D eigenvalue weighted by Crippen LogP contribution is 2.27. The molecule has 0 radical (unpaired) electrons. The van der Waals surface area contributed by atoms with Crippen LogP contribution in [-0.4, -0.2) is 30.7 Å². The minimum absolute atomic E-state index is 0.0472. The molecule has 0 aromatic carbocycles. The third-order valence-corrected chi connectivity index (χ3v) is 2.56. The van der Waals surface area contributed by atoms with Gasteiger partial charge in [0, 0.05) is 6.07 Å². The molecule has 0 atom stereocenters. The Bertz CT molecular complexity index is 823. The Balaban J connectivity index is 2.29. The van der Waals surface area contributed by atoms with Gasteiger partial charge in [-0.05, 0) is 12.1 Å². The number of fused-ring (bicyclic) bond motifs is 1. The van der Waals surface area contributed by atoms with E-state index in [0.29, 0.717) is 4.52 Å². The van der Waals surface area contributed by atoms with Crippen LogP contribution in [0.2, 0.25) is 0 Å². The summed E-state index contributed by atoms with van der Waals surface area (Å²) < 4.78 is 43.4. The van der Waals surface area contributed by atoms with Crippen molar-refractivity contribution >= 4 is 11.7 Å². The fourth-order valence-electron chi connectivity index (χ4n) is 1.69. The molecule has 0 saturated heterocycles. The number of furan rings is 1. The lowest BCUT2D eigenvalue weighted by Crippen LogP contribution is -2.10. The number of carboxylic acids is 1. The molecular weight excluding hydrogens is 293 g/mol. The van der Waals surface area contributed by atoms with Crippen LogP contribution in [0.15, 0.2) is 28.9 Å². The number of alkyl halides is 3. The van der Waals surface area contributed by atoms with Crippen molar-refractivity contribution < 1.29 is 27.5 Å². The Morgan fingerprint density at radius 3 is 2.67 bits per heavy atom. The van der Waals surface area contributed by atoms with E-state index in [2.05, 4.69) is 15.1 Å². The SMILES string of the molecule is O=C(O)c1cc(-c2ccco2)nc2nc(C(F)(F)F)nn12. The monoisotopic (exact) mass is 298 g/mol. The fourth-order valence-corrected chi connectivity index (χ4v) is 1.69. The lowest BCUT2D eigenvalue weighted by Gasteiger charge is -2.01. The summed E-state index contributed by atoms with van der Waals surface area (Å²) in [5.41, 5.74) is -0.458. The number of rotatable bonds is 2. The molecular formula is C11H5F3N4O3. The number of aromatic carboxylic acids is 1. The molecule has 1 N–H and O–H groups in total. The fraction of sp³-hybridized carbons (Fsp3) is 0.0909. The minimum Gasteiger partial charge on any atom is -0.477 e. The highest BCUT2D eigenvalue weighted by molar-refractivity contribution is 5.87. The second kappa shape index (κ2) is 4.30. The van der Waals surface area contributed by atoms with Gasteiger partial charge in [0.05, 0.1) is 6.26 Å². The highest BCUT2D eigenvalue weighted by atomic mass is 19.4. The zero-order chi connectivity index (χ0) is 15.2. The van der Waals surface area contributed by atoms with Crippen molar-refractivity contribution in [3.8, 4) is 11.5 Å². The molecule has 0 spiro atoms. The molecule has 7 nitrogen and oxygen atoms in total. The van der Waals surface area contributed by atoms with E-state index in [0.717, 1.165) is 6.07 Å². The van der Waals surface area contributed by atoms with Crippen molar-refractivity contribution in [1.82, 2.24) is 19.6 Å². The maximum Gasteiger partial charge on any atom is 0.453 e. The maximum absolute atomic E-state index is 12.6. The molecule has 3 aromatic rings. The second-order valence-electron chi connectivity index (χ2n) is 3.95. The molecule has 0 unspecified atom stereocenters. The molecule has 0 saturated carbocycles. The average Bonchev–Trinajstić information content (AvgIpc) is 3.05. The summed E-state index contributed by atoms with van der Waals surface area (Å²) in [6, 6.07) is 4.08. The van der Waals surface area contributed by atoms with Gasteiger partial charge in [-0.3, -0.25) is 0 Å². The van der Waals surface area contributed by atoms with Crippen molar-refractivity contribution in [2.45, 2.75) is 6.18 Å². The maximum atomic E-state index is 12.6. The zero-order valence-electron chi connectivity index (χ0n) is 10.00. The van der Waals surface area contributed by atoms with Crippen LogP contribution >= 0.6 is 0 Å².